The average Bonchev–Trinajstić information content (AvgIpc) is 2.40. The molecular weight excluding hydrogens is 222 g/mol. The Labute approximate surface area is 108 Å². The van der Waals surface area contributed by atoms with Gasteiger partial charge in [-0.15, -0.1) is 0 Å². The molecule has 0 spiro atoms. The number of nitrogens with one attached hydrogen (secondary N) is 1. The summed E-state index contributed by atoms with van der Waals surface area (Å²) in [6, 6.07) is 17.9. The Morgan fingerprint density at radius 3 is 2.44 bits per heavy atom. The van der Waals surface area contributed by atoms with Crippen LogP contribution in [0.15, 0.2) is 54.6 Å². The molecule has 0 aromatic heterocycles. The summed E-state index contributed by atoms with van der Waals surface area (Å²) in [6.45, 7) is 1.80. The van der Waals surface area contributed by atoms with Crippen LogP contribution in [0.5, 0.6) is 5.75 Å². The minimum Gasteiger partial charge on any atom is -0.508 e. The third-order valence-electron chi connectivity index (χ3n) is 2.90. The van der Waals surface area contributed by atoms with Gasteiger partial charge in [-0.2, -0.15) is 0 Å². The summed E-state index contributed by atoms with van der Waals surface area (Å²) in [7, 11) is 0. The van der Waals surface area contributed by atoms with Crippen LogP contribution >= 0.6 is 0 Å². The highest BCUT2D eigenvalue weighted by Crippen LogP contribution is 2.10. The van der Waals surface area contributed by atoms with E-state index in [9.17, 15) is 5.11 Å². The van der Waals surface area contributed by atoms with E-state index in [1.165, 1.54) is 5.56 Å². The normalized spacial score (nSPS) is 10.4. The second kappa shape index (κ2) is 6.82. The minimum atomic E-state index is 0.332. The largest absolute Gasteiger partial charge is 0.508 e. The number of hydrogen-bond acceptors (Lipinski definition) is 2. The highest BCUT2D eigenvalue weighted by molar-refractivity contribution is 5.26. The molecule has 0 aliphatic carbocycles. The maximum absolute atomic E-state index is 9.34. The van der Waals surface area contributed by atoms with E-state index in [1.54, 1.807) is 12.1 Å². The number of aryl methyl sites for hydroxylation is 1. The minimum absolute atomic E-state index is 0.332. The van der Waals surface area contributed by atoms with E-state index in [4.69, 9.17) is 0 Å². The number of rotatable bonds is 6. The zero-order chi connectivity index (χ0) is 12.6. The molecule has 2 N–H and O–H groups in total. The van der Waals surface area contributed by atoms with Gasteiger partial charge in [-0.05, 0) is 42.6 Å². The van der Waals surface area contributed by atoms with E-state index in [0.717, 1.165) is 31.5 Å². The number of phenolic OH excluding ortho intramolecular Hbond substituents is 1. The Kier molecular flexibility index (Phi) is 4.79. The average molecular weight is 241 g/mol. The zero-order valence-electron chi connectivity index (χ0n) is 10.5. The van der Waals surface area contributed by atoms with Crippen molar-refractivity contribution in [3.8, 4) is 5.75 Å². The van der Waals surface area contributed by atoms with Crippen LogP contribution in [-0.2, 0) is 13.0 Å². The molecule has 0 saturated heterocycles. The molecule has 0 atom stereocenters. The van der Waals surface area contributed by atoms with Crippen LogP contribution in [0, 0.1) is 0 Å². The van der Waals surface area contributed by atoms with E-state index >= 15 is 0 Å². The molecule has 2 aromatic carbocycles. The Hall–Kier alpha value is -1.80. The first-order valence-electron chi connectivity index (χ1n) is 6.37. The molecule has 0 saturated carbocycles. The molecule has 2 aromatic rings. The van der Waals surface area contributed by atoms with Gasteiger partial charge in [0.1, 0.15) is 5.75 Å². The van der Waals surface area contributed by atoms with Crippen molar-refractivity contribution in [3.05, 3.63) is 65.7 Å². The smallest absolute Gasteiger partial charge is 0.115 e. The van der Waals surface area contributed by atoms with Gasteiger partial charge in [-0.25, -0.2) is 0 Å². The molecule has 0 aliphatic rings. The molecule has 0 bridgehead atoms. The molecule has 0 fully saturated rings. The van der Waals surface area contributed by atoms with E-state index < -0.39 is 0 Å². The molecule has 0 unspecified atom stereocenters. The molecule has 0 amide bonds. The van der Waals surface area contributed by atoms with Gasteiger partial charge in [0.15, 0.2) is 0 Å². The van der Waals surface area contributed by atoms with Crippen molar-refractivity contribution in [1.82, 2.24) is 5.32 Å². The fourth-order valence-corrected chi connectivity index (χ4v) is 1.96. The maximum Gasteiger partial charge on any atom is 0.115 e. The molecule has 0 aliphatic heterocycles. The summed E-state index contributed by atoms with van der Waals surface area (Å²) in [5.41, 5.74) is 2.51. The summed E-state index contributed by atoms with van der Waals surface area (Å²) < 4.78 is 0. The number of aromatic hydroxyl groups is 1. The lowest BCUT2D eigenvalue weighted by Gasteiger charge is -2.05. The van der Waals surface area contributed by atoms with Gasteiger partial charge in [0.25, 0.3) is 0 Å². The molecule has 0 heterocycles. The quantitative estimate of drug-likeness (QED) is 0.762. The lowest BCUT2D eigenvalue weighted by atomic mass is 10.1. The van der Waals surface area contributed by atoms with E-state index in [2.05, 4.69) is 29.6 Å². The first-order chi connectivity index (χ1) is 8.84. The van der Waals surface area contributed by atoms with Crippen molar-refractivity contribution in [3.63, 3.8) is 0 Å². The molecule has 2 rings (SSSR count). The van der Waals surface area contributed by atoms with E-state index in [-0.39, 0.29) is 0 Å². The Bertz CT molecular complexity index is 468. The SMILES string of the molecule is Oc1cccc(CNCCCc2ccccc2)c1. The van der Waals surface area contributed by atoms with Crippen molar-refractivity contribution >= 4 is 0 Å². The number of hydrogen-bond donors (Lipinski definition) is 2. The summed E-state index contributed by atoms with van der Waals surface area (Å²) >= 11 is 0. The number of phenols is 1. The summed E-state index contributed by atoms with van der Waals surface area (Å²) in [6.07, 6.45) is 2.23. The van der Waals surface area contributed by atoms with Crippen LogP contribution in [0.1, 0.15) is 17.5 Å². The fourth-order valence-electron chi connectivity index (χ4n) is 1.96. The Balaban J connectivity index is 1.65. The van der Waals surface area contributed by atoms with Crippen molar-refractivity contribution in [2.24, 2.45) is 0 Å². The van der Waals surface area contributed by atoms with Crippen LogP contribution in [-0.4, -0.2) is 11.7 Å². The van der Waals surface area contributed by atoms with E-state index in [1.807, 2.05) is 18.2 Å². The van der Waals surface area contributed by atoms with Gasteiger partial charge >= 0.3 is 0 Å². The second-order valence-corrected chi connectivity index (χ2v) is 4.44. The predicted octanol–water partition coefficient (Wildman–Crippen LogP) is 3.11. The molecule has 0 radical (unpaired) electrons. The Morgan fingerprint density at radius 2 is 1.67 bits per heavy atom. The first-order valence-corrected chi connectivity index (χ1v) is 6.37. The number of benzene rings is 2. The van der Waals surface area contributed by atoms with Crippen LogP contribution in [0.3, 0.4) is 0 Å². The highest BCUT2D eigenvalue weighted by Gasteiger charge is 1.95. The monoisotopic (exact) mass is 241 g/mol. The second-order valence-electron chi connectivity index (χ2n) is 4.44. The highest BCUT2D eigenvalue weighted by atomic mass is 16.3. The van der Waals surface area contributed by atoms with Crippen LogP contribution < -0.4 is 5.32 Å². The predicted molar refractivity (Wildman–Crippen MR) is 74.6 cm³/mol. The third kappa shape index (κ3) is 4.22. The van der Waals surface area contributed by atoms with Crippen molar-refractivity contribution in [2.75, 3.05) is 6.54 Å². The van der Waals surface area contributed by atoms with Gasteiger partial charge in [0, 0.05) is 6.54 Å². The molecular formula is C16H19NO. The van der Waals surface area contributed by atoms with Crippen molar-refractivity contribution in [2.45, 2.75) is 19.4 Å². The van der Waals surface area contributed by atoms with Gasteiger partial charge in [0.05, 0.1) is 0 Å². The lowest BCUT2D eigenvalue weighted by Crippen LogP contribution is -2.15. The molecule has 94 valence electrons. The summed E-state index contributed by atoms with van der Waals surface area (Å²) in [5.74, 6) is 0.332. The third-order valence-corrected chi connectivity index (χ3v) is 2.90. The van der Waals surface area contributed by atoms with Crippen molar-refractivity contribution in [1.29, 1.82) is 0 Å². The van der Waals surface area contributed by atoms with Crippen molar-refractivity contribution < 1.29 is 5.11 Å². The molecule has 18 heavy (non-hydrogen) atoms. The fraction of sp³-hybridized carbons (Fsp3) is 0.250. The topological polar surface area (TPSA) is 32.3 Å². The van der Waals surface area contributed by atoms with E-state index in [0.29, 0.717) is 5.75 Å². The molecule has 2 heteroatoms. The lowest BCUT2D eigenvalue weighted by molar-refractivity contribution is 0.474. The first kappa shape index (κ1) is 12.7. The zero-order valence-corrected chi connectivity index (χ0v) is 10.5. The summed E-state index contributed by atoms with van der Waals surface area (Å²) in [5, 5.41) is 12.7. The van der Waals surface area contributed by atoms with Gasteiger partial charge < -0.3 is 10.4 Å². The maximum atomic E-state index is 9.34. The standard InChI is InChI=1S/C16H19NO/c18-16-10-4-8-15(12-16)13-17-11-5-9-14-6-2-1-3-7-14/h1-4,6-8,10,12,17-18H,5,9,11,13H2. The van der Waals surface area contributed by atoms with Crippen LogP contribution in [0.25, 0.3) is 0 Å². The summed E-state index contributed by atoms with van der Waals surface area (Å²) in [4.78, 5) is 0. The van der Waals surface area contributed by atoms with Gasteiger partial charge in [-0.3, -0.25) is 0 Å². The molecule has 2 nitrogen and oxygen atoms in total. The van der Waals surface area contributed by atoms with Crippen LogP contribution in [0.2, 0.25) is 0 Å². The van der Waals surface area contributed by atoms with Gasteiger partial charge in [-0.1, -0.05) is 42.5 Å². The van der Waals surface area contributed by atoms with Crippen LogP contribution in [0.4, 0.5) is 0 Å². The Morgan fingerprint density at radius 1 is 0.889 bits per heavy atom. The van der Waals surface area contributed by atoms with Gasteiger partial charge in [0.2, 0.25) is 0 Å².